The van der Waals surface area contributed by atoms with Crippen LogP contribution in [-0.4, -0.2) is 5.16 Å². The Kier molecular flexibility index (Phi) is 4.94. The van der Waals surface area contributed by atoms with Gasteiger partial charge in [-0.25, -0.2) is 4.57 Å². The number of hydrogen-bond donors (Lipinski definition) is 0. The van der Waals surface area contributed by atoms with E-state index in [1.54, 1.807) is 54.6 Å². The SMILES string of the molecule is O=P(N=C=S)(Oc1ccccc1)Oc1ccc(Cl)cc1. The van der Waals surface area contributed by atoms with Crippen molar-refractivity contribution in [2.24, 2.45) is 4.76 Å². The lowest BCUT2D eigenvalue weighted by atomic mass is 10.3. The van der Waals surface area contributed by atoms with Crippen LogP contribution < -0.4 is 9.05 Å². The Morgan fingerprint density at radius 2 is 1.55 bits per heavy atom. The van der Waals surface area contributed by atoms with Crippen LogP contribution in [0.2, 0.25) is 5.02 Å². The van der Waals surface area contributed by atoms with E-state index in [9.17, 15) is 4.57 Å². The van der Waals surface area contributed by atoms with E-state index in [-0.39, 0.29) is 0 Å². The zero-order valence-electron chi connectivity index (χ0n) is 10.1. The Bertz CT molecular complexity index is 672. The molecule has 7 heteroatoms. The molecule has 0 spiro atoms. The third kappa shape index (κ3) is 4.19. The Balaban J connectivity index is 2.23. The summed E-state index contributed by atoms with van der Waals surface area (Å²) < 4.78 is 26.5. The summed E-state index contributed by atoms with van der Waals surface area (Å²) in [5.74, 6) is 0.668. The van der Waals surface area contributed by atoms with Gasteiger partial charge in [0.15, 0.2) is 0 Å². The highest BCUT2D eigenvalue weighted by Crippen LogP contribution is 2.49. The maximum atomic E-state index is 12.5. The van der Waals surface area contributed by atoms with Crippen LogP contribution in [0, 0.1) is 0 Å². The van der Waals surface area contributed by atoms with Gasteiger partial charge >= 0.3 is 7.75 Å². The number of para-hydroxylation sites is 1. The first kappa shape index (κ1) is 14.8. The van der Waals surface area contributed by atoms with Gasteiger partial charge in [0, 0.05) is 5.02 Å². The maximum absolute atomic E-state index is 12.5. The third-order valence-corrected chi connectivity index (χ3v) is 3.87. The summed E-state index contributed by atoms with van der Waals surface area (Å²) in [6.07, 6.45) is 0. The van der Waals surface area contributed by atoms with Crippen LogP contribution in [0.3, 0.4) is 0 Å². The van der Waals surface area contributed by atoms with Crippen LogP contribution in [-0.2, 0) is 4.57 Å². The zero-order valence-corrected chi connectivity index (χ0v) is 12.6. The normalized spacial score (nSPS) is 12.8. The number of isothiocyanates is 1. The van der Waals surface area contributed by atoms with E-state index in [2.05, 4.69) is 17.0 Å². The smallest absolute Gasteiger partial charge is 0.399 e. The second-order valence-electron chi connectivity index (χ2n) is 3.61. The van der Waals surface area contributed by atoms with Crippen LogP contribution in [0.4, 0.5) is 0 Å². The van der Waals surface area contributed by atoms with Gasteiger partial charge in [0.1, 0.15) is 11.5 Å². The molecule has 102 valence electrons. The Morgan fingerprint density at radius 1 is 1.00 bits per heavy atom. The lowest BCUT2D eigenvalue weighted by Crippen LogP contribution is -1.98. The van der Waals surface area contributed by atoms with Crippen molar-refractivity contribution in [2.45, 2.75) is 0 Å². The van der Waals surface area contributed by atoms with Crippen LogP contribution in [0.15, 0.2) is 59.4 Å². The minimum absolute atomic E-state index is 0.308. The molecular formula is C13H9ClNO3PS. The summed E-state index contributed by atoms with van der Waals surface area (Å²) in [5.41, 5.74) is 0. The third-order valence-electron chi connectivity index (χ3n) is 2.16. The fourth-order valence-corrected chi connectivity index (χ4v) is 2.77. The molecule has 1 unspecified atom stereocenters. The number of thiocarbonyl (C=S) groups is 1. The Morgan fingerprint density at radius 3 is 2.10 bits per heavy atom. The van der Waals surface area contributed by atoms with Crippen LogP contribution in [0.5, 0.6) is 11.5 Å². The molecule has 1 atom stereocenters. The summed E-state index contributed by atoms with van der Waals surface area (Å²) in [6.45, 7) is 0. The molecule has 0 aliphatic carbocycles. The lowest BCUT2D eigenvalue weighted by molar-refractivity contribution is 0.388. The molecule has 0 radical (unpaired) electrons. The highest BCUT2D eigenvalue weighted by molar-refractivity contribution is 7.78. The number of halogens is 1. The van der Waals surface area contributed by atoms with Gasteiger partial charge in [-0.3, -0.25) is 0 Å². The molecule has 0 saturated heterocycles. The van der Waals surface area contributed by atoms with Gasteiger partial charge in [-0.05, 0) is 48.6 Å². The highest BCUT2D eigenvalue weighted by Gasteiger charge is 2.27. The average Bonchev–Trinajstić information content (AvgIpc) is 2.42. The first-order valence-corrected chi connectivity index (χ1v) is 7.79. The quantitative estimate of drug-likeness (QED) is 0.440. The van der Waals surface area contributed by atoms with E-state index in [1.165, 1.54) is 0 Å². The van der Waals surface area contributed by atoms with Crippen LogP contribution in [0.25, 0.3) is 0 Å². The monoisotopic (exact) mass is 325 g/mol. The van der Waals surface area contributed by atoms with E-state index in [4.69, 9.17) is 20.6 Å². The Hall–Kier alpha value is -1.64. The molecule has 0 N–H and O–H groups in total. The standard InChI is InChI=1S/C13H9ClNO3PS/c14-11-6-8-13(9-7-11)18-19(16,15-10-20)17-12-4-2-1-3-5-12/h1-9H. The summed E-state index contributed by atoms with van der Waals surface area (Å²) in [5, 5.41) is 2.57. The second kappa shape index (κ2) is 6.69. The summed E-state index contributed by atoms with van der Waals surface area (Å²) in [4.78, 5) is 0. The van der Waals surface area contributed by atoms with Crippen molar-refractivity contribution in [2.75, 3.05) is 0 Å². The molecule has 2 aromatic carbocycles. The van der Waals surface area contributed by atoms with Crippen molar-refractivity contribution in [3.63, 3.8) is 0 Å². The molecule has 0 aromatic heterocycles. The summed E-state index contributed by atoms with van der Waals surface area (Å²) in [6, 6.07) is 14.9. The van der Waals surface area contributed by atoms with E-state index in [1.807, 2.05) is 5.16 Å². The molecule has 0 aliphatic rings. The molecule has 0 fully saturated rings. The van der Waals surface area contributed by atoms with Gasteiger partial charge < -0.3 is 9.05 Å². The Labute approximate surface area is 126 Å². The van der Waals surface area contributed by atoms with Crippen LogP contribution in [0.1, 0.15) is 0 Å². The lowest BCUT2D eigenvalue weighted by Gasteiger charge is -2.14. The van der Waals surface area contributed by atoms with Crippen molar-refractivity contribution in [3.05, 3.63) is 59.6 Å². The van der Waals surface area contributed by atoms with Crippen LogP contribution >= 0.6 is 31.6 Å². The van der Waals surface area contributed by atoms with E-state index in [0.717, 1.165) is 0 Å². The minimum Gasteiger partial charge on any atom is -0.399 e. The molecule has 0 saturated carbocycles. The largest absolute Gasteiger partial charge is 0.572 e. The highest BCUT2D eigenvalue weighted by atomic mass is 35.5. The maximum Gasteiger partial charge on any atom is 0.572 e. The number of benzene rings is 2. The van der Waals surface area contributed by atoms with E-state index in [0.29, 0.717) is 16.5 Å². The molecule has 2 aromatic rings. The molecule has 4 nitrogen and oxygen atoms in total. The number of rotatable bonds is 5. The number of hydrogen-bond acceptors (Lipinski definition) is 4. The van der Waals surface area contributed by atoms with Gasteiger partial charge in [-0.2, -0.15) is 0 Å². The predicted molar refractivity (Wildman–Crippen MR) is 81.8 cm³/mol. The van der Waals surface area contributed by atoms with E-state index >= 15 is 0 Å². The second-order valence-corrected chi connectivity index (χ2v) is 5.73. The predicted octanol–water partition coefficient (Wildman–Crippen LogP) is 5.01. The first-order chi connectivity index (χ1) is 9.61. The van der Waals surface area contributed by atoms with Crippen molar-refractivity contribution >= 4 is 36.7 Å². The van der Waals surface area contributed by atoms with Crippen molar-refractivity contribution in [1.82, 2.24) is 0 Å². The van der Waals surface area contributed by atoms with Crippen molar-refractivity contribution < 1.29 is 13.6 Å². The van der Waals surface area contributed by atoms with Gasteiger partial charge in [-0.1, -0.05) is 34.6 Å². The summed E-state index contributed by atoms with van der Waals surface area (Å²) >= 11 is 10.2. The molecule has 0 heterocycles. The molecule has 2 rings (SSSR count). The van der Waals surface area contributed by atoms with Gasteiger partial charge in [-0.15, -0.1) is 0 Å². The first-order valence-electron chi connectivity index (χ1n) is 5.50. The number of nitrogens with zero attached hydrogens (tertiary/aromatic N) is 1. The minimum atomic E-state index is -3.81. The fraction of sp³-hybridized carbons (Fsp3) is 0. The zero-order chi connectivity index (χ0) is 14.4. The molecule has 0 bridgehead atoms. The van der Waals surface area contributed by atoms with Crippen molar-refractivity contribution in [1.29, 1.82) is 0 Å². The topological polar surface area (TPSA) is 47.9 Å². The van der Waals surface area contributed by atoms with Gasteiger partial charge in [0.2, 0.25) is 0 Å². The fourth-order valence-electron chi connectivity index (χ4n) is 1.35. The molecule has 20 heavy (non-hydrogen) atoms. The van der Waals surface area contributed by atoms with Gasteiger partial charge in [0.25, 0.3) is 0 Å². The summed E-state index contributed by atoms with van der Waals surface area (Å²) in [7, 11) is -3.81. The molecular weight excluding hydrogens is 317 g/mol. The molecule has 0 amide bonds. The van der Waals surface area contributed by atoms with Crippen molar-refractivity contribution in [3.8, 4) is 11.5 Å². The average molecular weight is 326 g/mol. The van der Waals surface area contributed by atoms with Gasteiger partial charge in [0.05, 0.1) is 5.16 Å². The van der Waals surface area contributed by atoms with E-state index < -0.39 is 7.75 Å². The molecule has 0 aliphatic heterocycles.